The van der Waals surface area contributed by atoms with Gasteiger partial charge in [-0.05, 0) is 0 Å². The van der Waals surface area contributed by atoms with Crippen LogP contribution < -0.4 is 0 Å². The fourth-order valence-electron chi connectivity index (χ4n) is 4.16. The zero-order chi connectivity index (χ0) is 22.2. The SMILES string of the molecule is CC1=[C-]C(C)C(C)=C1C.Cl.Cl.[Zr+2]=[Si]1CCCCC1.c1ccc(-c2c[cH-]c3ccccc23)cc1. The summed E-state index contributed by atoms with van der Waals surface area (Å²) in [7, 11) is 0. The van der Waals surface area contributed by atoms with Crippen LogP contribution in [0.15, 0.2) is 83.4 Å². The Morgan fingerprint density at radius 3 is 1.97 bits per heavy atom. The molecule has 0 amide bonds. The average molecular weight is 575 g/mol. The van der Waals surface area contributed by atoms with E-state index in [0.717, 1.165) is 0 Å². The van der Waals surface area contributed by atoms with Gasteiger partial charge in [0.1, 0.15) is 0 Å². The van der Waals surface area contributed by atoms with Crippen molar-refractivity contribution in [2.24, 2.45) is 5.92 Å². The molecule has 3 aromatic rings. The summed E-state index contributed by atoms with van der Waals surface area (Å²) in [5.74, 6) is 0.560. The predicted molar refractivity (Wildman–Crippen MR) is 149 cm³/mol. The van der Waals surface area contributed by atoms with Crippen LogP contribution in [0, 0.1) is 12.0 Å². The molecular formula is C29H36Cl2SiZr. The summed E-state index contributed by atoms with van der Waals surface area (Å²) in [4.78, 5) is 0. The Hall–Kier alpha value is -0.790. The molecule has 0 bridgehead atoms. The van der Waals surface area contributed by atoms with Gasteiger partial charge in [0, 0.05) is 0 Å². The van der Waals surface area contributed by atoms with Crippen molar-refractivity contribution >= 4 is 41.0 Å². The van der Waals surface area contributed by atoms with E-state index in [1.165, 1.54) is 45.0 Å². The largest absolute Gasteiger partial charge is 0.150 e. The molecule has 5 rings (SSSR count). The van der Waals surface area contributed by atoms with E-state index in [-0.39, 0.29) is 24.8 Å². The maximum absolute atomic E-state index is 3.36. The van der Waals surface area contributed by atoms with E-state index < -0.39 is 0 Å². The molecule has 33 heavy (non-hydrogen) atoms. The summed E-state index contributed by atoms with van der Waals surface area (Å²) in [6.45, 7) is 8.67. The van der Waals surface area contributed by atoms with E-state index in [1.54, 1.807) is 24.9 Å². The second-order valence-electron chi connectivity index (χ2n) is 8.66. The zero-order valence-corrected chi connectivity index (χ0v) is 25.4. The van der Waals surface area contributed by atoms with Gasteiger partial charge in [0.2, 0.25) is 0 Å². The summed E-state index contributed by atoms with van der Waals surface area (Å²) in [6, 6.07) is 26.7. The van der Waals surface area contributed by atoms with Crippen molar-refractivity contribution in [2.75, 3.05) is 0 Å². The third-order valence-corrected chi connectivity index (χ3v) is 12.1. The third kappa shape index (κ3) is 8.74. The molecule has 174 valence electrons. The number of rotatable bonds is 1. The molecule has 1 unspecified atom stereocenters. The van der Waals surface area contributed by atoms with Gasteiger partial charge in [0.05, 0.1) is 0 Å². The van der Waals surface area contributed by atoms with E-state index in [0.29, 0.717) is 11.4 Å². The predicted octanol–water partition coefficient (Wildman–Crippen LogP) is 9.50. The van der Waals surface area contributed by atoms with Crippen molar-refractivity contribution in [3.63, 3.8) is 0 Å². The van der Waals surface area contributed by atoms with Gasteiger partial charge in [-0.1, -0.05) is 68.7 Å². The molecule has 0 spiro atoms. The Morgan fingerprint density at radius 1 is 0.879 bits per heavy atom. The first-order chi connectivity index (χ1) is 15.0. The second-order valence-corrected chi connectivity index (χ2v) is 16.1. The van der Waals surface area contributed by atoms with Crippen LogP contribution in [0.1, 0.15) is 47.0 Å². The molecule has 1 fully saturated rings. The smallest absolute Gasteiger partial charge is 0.0623 e. The van der Waals surface area contributed by atoms with Crippen LogP contribution in [0.5, 0.6) is 0 Å². The van der Waals surface area contributed by atoms with Gasteiger partial charge in [0.25, 0.3) is 0 Å². The normalized spacial score (nSPS) is 17.1. The summed E-state index contributed by atoms with van der Waals surface area (Å²) >= 11 is 1.87. The average Bonchev–Trinajstić information content (AvgIpc) is 3.32. The summed E-state index contributed by atoms with van der Waals surface area (Å²) < 4.78 is 0. The van der Waals surface area contributed by atoms with E-state index in [4.69, 9.17) is 0 Å². The van der Waals surface area contributed by atoms with E-state index in [9.17, 15) is 0 Å². The van der Waals surface area contributed by atoms with Crippen LogP contribution in [-0.2, 0) is 23.3 Å². The number of allylic oxidation sites excluding steroid dienone is 4. The molecule has 0 N–H and O–H groups in total. The van der Waals surface area contributed by atoms with Crippen LogP contribution in [0.25, 0.3) is 21.9 Å². The van der Waals surface area contributed by atoms with Gasteiger partial charge in [-0.3, -0.25) is 6.08 Å². The van der Waals surface area contributed by atoms with Gasteiger partial charge >= 0.3 is 60.1 Å². The minimum atomic E-state index is 0. The standard InChI is InChI=1S/C15H11.C9H13.C5H10Si.2ClH.Zr/c1-2-6-12(7-3-1)15-11-10-13-8-4-5-9-14(13)15;1-6-5-7(2)9(4)8(6)3;1-2-4-6-5-3-1;;;/h1-11H;6H,1-4H3;1-5H2;2*1H;/q2*-1;;;;+2. The third-order valence-electron chi connectivity index (χ3n) is 6.46. The Kier molecular flexibility index (Phi) is 14.0. The number of fused-ring (bicyclic) bond motifs is 1. The molecule has 0 radical (unpaired) electrons. The zero-order valence-electron chi connectivity index (χ0n) is 20.3. The van der Waals surface area contributed by atoms with E-state index >= 15 is 0 Å². The van der Waals surface area contributed by atoms with Crippen LogP contribution in [0.3, 0.4) is 0 Å². The monoisotopic (exact) mass is 572 g/mol. The van der Waals surface area contributed by atoms with E-state index in [2.05, 4.69) is 101 Å². The Labute approximate surface area is 228 Å². The molecule has 0 aromatic heterocycles. The van der Waals surface area contributed by atoms with Crippen LogP contribution in [-0.4, -0.2) is 5.43 Å². The molecule has 0 saturated carbocycles. The number of halogens is 2. The number of hydrogen-bond donors (Lipinski definition) is 0. The van der Waals surface area contributed by atoms with Gasteiger partial charge < -0.3 is 0 Å². The maximum Gasteiger partial charge on any atom is -0.0623 e. The second kappa shape index (κ2) is 15.3. The fourth-order valence-corrected chi connectivity index (χ4v) is 8.37. The summed E-state index contributed by atoms with van der Waals surface area (Å²) in [6.07, 6.45) is 8.00. The fraction of sp³-hybridized carbons (Fsp3) is 0.345. The first-order valence-electron chi connectivity index (χ1n) is 11.5. The topological polar surface area (TPSA) is 0 Å². The van der Waals surface area contributed by atoms with Crippen molar-refractivity contribution in [3.8, 4) is 11.1 Å². The maximum atomic E-state index is 3.36. The number of hydrogen-bond acceptors (Lipinski definition) is 0. The quantitative estimate of drug-likeness (QED) is 0.201. The molecule has 1 atom stereocenters. The van der Waals surface area contributed by atoms with Crippen molar-refractivity contribution in [3.05, 3.63) is 89.5 Å². The number of benzene rings is 2. The minimum absolute atomic E-state index is 0. The molecule has 1 aliphatic carbocycles. The molecule has 1 aliphatic heterocycles. The van der Waals surface area contributed by atoms with Crippen molar-refractivity contribution in [1.82, 2.24) is 0 Å². The van der Waals surface area contributed by atoms with Crippen LogP contribution in [0.2, 0.25) is 12.1 Å². The Bertz CT molecular complexity index is 1070. The van der Waals surface area contributed by atoms with Crippen molar-refractivity contribution in [1.29, 1.82) is 0 Å². The molecule has 0 nitrogen and oxygen atoms in total. The Morgan fingerprint density at radius 2 is 1.48 bits per heavy atom. The molecule has 2 aliphatic rings. The van der Waals surface area contributed by atoms with Gasteiger partial charge in [-0.25, -0.2) is 5.57 Å². The summed E-state index contributed by atoms with van der Waals surface area (Å²) in [5, 5.41) is 2.65. The Balaban J connectivity index is 0.000000262. The van der Waals surface area contributed by atoms with Crippen LogP contribution in [0.4, 0.5) is 0 Å². The first-order valence-corrected chi connectivity index (χ1v) is 17.1. The molecular weight excluding hydrogens is 539 g/mol. The van der Waals surface area contributed by atoms with Crippen molar-refractivity contribution < 1.29 is 23.3 Å². The first kappa shape index (κ1) is 30.2. The molecule has 3 aromatic carbocycles. The van der Waals surface area contributed by atoms with Gasteiger partial charge in [-0.2, -0.15) is 11.1 Å². The van der Waals surface area contributed by atoms with E-state index in [1.807, 2.05) is 23.3 Å². The van der Waals surface area contributed by atoms with Crippen LogP contribution >= 0.6 is 24.8 Å². The van der Waals surface area contributed by atoms with Gasteiger partial charge in [0.15, 0.2) is 0 Å². The molecule has 1 heterocycles. The molecule has 1 saturated heterocycles. The minimum Gasteiger partial charge on any atom is -0.150 e. The van der Waals surface area contributed by atoms with Crippen molar-refractivity contribution in [2.45, 2.75) is 59.0 Å². The summed E-state index contributed by atoms with van der Waals surface area (Å²) in [5.41, 5.74) is 7.16. The molecule has 4 heteroatoms. The van der Waals surface area contributed by atoms with Gasteiger partial charge in [-0.15, -0.1) is 78.4 Å².